The zero-order valence-corrected chi connectivity index (χ0v) is 14.5. The number of likely N-dealkylation sites (tertiary alicyclic amines) is 1. The predicted octanol–water partition coefficient (Wildman–Crippen LogP) is 4.30. The average Bonchev–Trinajstić information content (AvgIpc) is 2.64. The molecule has 1 fully saturated rings. The van der Waals surface area contributed by atoms with E-state index < -0.39 is 0 Å². The lowest BCUT2D eigenvalue weighted by atomic mass is 9.84. The standard InChI is InChI=1S/C18H38N2/c1-5-11-18(4,15-19-12-6-2)16-20-13-8-9-17(7-3)10-14-20/h17,19H,5-16H2,1-4H3. The zero-order valence-electron chi connectivity index (χ0n) is 14.5. The summed E-state index contributed by atoms with van der Waals surface area (Å²) in [4.78, 5) is 2.75. The molecule has 0 spiro atoms. The summed E-state index contributed by atoms with van der Waals surface area (Å²) >= 11 is 0. The van der Waals surface area contributed by atoms with Crippen LogP contribution in [0.15, 0.2) is 0 Å². The Morgan fingerprint density at radius 1 is 1.10 bits per heavy atom. The van der Waals surface area contributed by atoms with Gasteiger partial charge in [0, 0.05) is 13.1 Å². The van der Waals surface area contributed by atoms with Crippen LogP contribution >= 0.6 is 0 Å². The van der Waals surface area contributed by atoms with Gasteiger partial charge in [-0.1, -0.05) is 40.5 Å². The van der Waals surface area contributed by atoms with Gasteiger partial charge in [0.2, 0.25) is 0 Å². The van der Waals surface area contributed by atoms with E-state index in [4.69, 9.17) is 0 Å². The van der Waals surface area contributed by atoms with E-state index >= 15 is 0 Å². The minimum atomic E-state index is 0.454. The van der Waals surface area contributed by atoms with Crippen LogP contribution in [0.3, 0.4) is 0 Å². The van der Waals surface area contributed by atoms with Gasteiger partial charge >= 0.3 is 0 Å². The number of nitrogens with one attached hydrogen (secondary N) is 1. The van der Waals surface area contributed by atoms with Crippen LogP contribution in [-0.4, -0.2) is 37.6 Å². The molecule has 2 atom stereocenters. The lowest BCUT2D eigenvalue weighted by Gasteiger charge is -2.35. The molecule has 2 unspecified atom stereocenters. The highest BCUT2D eigenvalue weighted by molar-refractivity contribution is 4.82. The molecule has 0 aromatic heterocycles. The summed E-state index contributed by atoms with van der Waals surface area (Å²) in [6.07, 6.45) is 9.53. The second-order valence-corrected chi connectivity index (χ2v) is 7.22. The Kier molecular flexibility index (Phi) is 8.79. The third-order valence-corrected chi connectivity index (χ3v) is 4.96. The largest absolute Gasteiger partial charge is 0.316 e. The zero-order chi connectivity index (χ0) is 14.8. The van der Waals surface area contributed by atoms with Crippen molar-refractivity contribution in [3.63, 3.8) is 0 Å². The van der Waals surface area contributed by atoms with Crippen molar-refractivity contribution in [1.82, 2.24) is 10.2 Å². The highest BCUT2D eigenvalue weighted by atomic mass is 15.1. The number of hydrogen-bond acceptors (Lipinski definition) is 2. The normalized spacial score (nSPS) is 24.3. The lowest BCUT2D eigenvalue weighted by molar-refractivity contribution is 0.152. The number of nitrogens with zero attached hydrogens (tertiary/aromatic N) is 1. The first-order chi connectivity index (χ1) is 9.63. The molecule has 0 aliphatic carbocycles. The molecule has 1 N–H and O–H groups in total. The van der Waals surface area contributed by atoms with Crippen LogP contribution in [0.4, 0.5) is 0 Å². The molecule has 0 amide bonds. The maximum Gasteiger partial charge on any atom is 0.00475 e. The number of hydrogen-bond donors (Lipinski definition) is 1. The minimum Gasteiger partial charge on any atom is -0.316 e. The first kappa shape index (κ1) is 18.0. The summed E-state index contributed by atoms with van der Waals surface area (Å²) in [6, 6.07) is 0. The Morgan fingerprint density at radius 3 is 2.55 bits per heavy atom. The van der Waals surface area contributed by atoms with Crippen molar-refractivity contribution < 1.29 is 0 Å². The van der Waals surface area contributed by atoms with E-state index in [0.29, 0.717) is 5.41 Å². The Labute approximate surface area is 127 Å². The van der Waals surface area contributed by atoms with Gasteiger partial charge in [-0.3, -0.25) is 0 Å². The van der Waals surface area contributed by atoms with Crippen molar-refractivity contribution in [2.45, 2.75) is 72.6 Å². The third-order valence-electron chi connectivity index (χ3n) is 4.96. The maximum atomic E-state index is 3.66. The van der Waals surface area contributed by atoms with Crippen molar-refractivity contribution in [3.05, 3.63) is 0 Å². The van der Waals surface area contributed by atoms with Gasteiger partial charge in [-0.25, -0.2) is 0 Å². The van der Waals surface area contributed by atoms with Crippen LogP contribution in [0, 0.1) is 11.3 Å². The third kappa shape index (κ3) is 6.58. The van der Waals surface area contributed by atoms with Crippen molar-refractivity contribution in [2.75, 3.05) is 32.7 Å². The summed E-state index contributed by atoms with van der Waals surface area (Å²) in [5, 5.41) is 3.66. The second kappa shape index (κ2) is 9.78. The maximum absolute atomic E-state index is 3.66. The van der Waals surface area contributed by atoms with Gasteiger partial charge in [-0.15, -0.1) is 0 Å². The number of rotatable bonds is 9. The van der Waals surface area contributed by atoms with Crippen molar-refractivity contribution in [2.24, 2.45) is 11.3 Å². The molecule has 2 nitrogen and oxygen atoms in total. The molecule has 1 aliphatic rings. The summed E-state index contributed by atoms with van der Waals surface area (Å²) < 4.78 is 0. The van der Waals surface area contributed by atoms with Crippen LogP contribution in [0.2, 0.25) is 0 Å². The molecule has 120 valence electrons. The quantitative estimate of drug-likeness (QED) is 0.634. The molecule has 1 aliphatic heterocycles. The summed E-state index contributed by atoms with van der Waals surface area (Å²) in [5.41, 5.74) is 0.454. The molecule has 1 heterocycles. The highest BCUT2D eigenvalue weighted by Crippen LogP contribution is 2.27. The van der Waals surface area contributed by atoms with Crippen LogP contribution < -0.4 is 5.32 Å². The van der Waals surface area contributed by atoms with E-state index in [1.165, 1.54) is 71.1 Å². The van der Waals surface area contributed by atoms with E-state index in [1.54, 1.807) is 0 Å². The van der Waals surface area contributed by atoms with Gasteiger partial charge in [-0.2, -0.15) is 0 Å². The SMILES string of the molecule is CCCNCC(C)(CCC)CN1CCCC(CC)CC1. The van der Waals surface area contributed by atoms with Gasteiger partial charge in [0.25, 0.3) is 0 Å². The van der Waals surface area contributed by atoms with E-state index in [0.717, 1.165) is 12.5 Å². The van der Waals surface area contributed by atoms with E-state index in [9.17, 15) is 0 Å². The summed E-state index contributed by atoms with van der Waals surface area (Å²) in [7, 11) is 0. The molecule has 20 heavy (non-hydrogen) atoms. The minimum absolute atomic E-state index is 0.454. The Balaban J connectivity index is 2.46. The Morgan fingerprint density at radius 2 is 1.90 bits per heavy atom. The van der Waals surface area contributed by atoms with E-state index in [1.807, 2.05) is 0 Å². The second-order valence-electron chi connectivity index (χ2n) is 7.22. The summed E-state index contributed by atoms with van der Waals surface area (Å²) in [5.74, 6) is 0.982. The molecule has 0 bridgehead atoms. The van der Waals surface area contributed by atoms with E-state index in [2.05, 4.69) is 37.9 Å². The molecule has 1 rings (SSSR count). The molecule has 0 aromatic rings. The van der Waals surface area contributed by atoms with Crippen molar-refractivity contribution in [1.29, 1.82) is 0 Å². The topological polar surface area (TPSA) is 15.3 Å². The predicted molar refractivity (Wildman–Crippen MR) is 90.2 cm³/mol. The molecule has 0 aromatic carbocycles. The lowest BCUT2D eigenvalue weighted by Crippen LogP contribution is -2.43. The first-order valence-electron chi connectivity index (χ1n) is 9.06. The fourth-order valence-electron chi connectivity index (χ4n) is 3.72. The van der Waals surface area contributed by atoms with Crippen molar-refractivity contribution in [3.8, 4) is 0 Å². The smallest absolute Gasteiger partial charge is 0.00475 e. The fraction of sp³-hybridized carbons (Fsp3) is 1.00. The van der Waals surface area contributed by atoms with Gasteiger partial charge in [0.05, 0.1) is 0 Å². The molecule has 2 heteroatoms. The van der Waals surface area contributed by atoms with Crippen LogP contribution in [-0.2, 0) is 0 Å². The Hall–Kier alpha value is -0.0800. The fourth-order valence-corrected chi connectivity index (χ4v) is 3.72. The monoisotopic (exact) mass is 282 g/mol. The highest BCUT2D eigenvalue weighted by Gasteiger charge is 2.27. The molecule has 0 radical (unpaired) electrons. The van der Waals surface area contributed by atoms with Crippen LogP contribution in [0.5, 0.6) is 0 Å². The van der Waals surface area contributed by atoms with Gasteiger partial charge in [-0.05, 0) is 63.1 Å². The van der Waals surface area contributed by atoms with Crippen LogP contribution in [0.25, 0.3) is 0 Å². The summed E-state index contributed by atoms with van der Waals surface area (Å²) in [6.45, 7) is 15.7. The molecule has 1 saturated heterocycles. The average molecular weight is 283 g/mol. The molecular formula is C18H38N2. The first-order valence-corrected chi connectivity index (χ1v) is 9.06. The van der Waals surface area contributed by atoms with Gasteiger partial charge in [0.15, 0.2) is 0 Å². The molecule has 0 saturated carbocycles. The van der Waals surface area contributed by atoms with E-state index in [-0.39, 0.29) is 0 Å². The molecular weight excluding hydrogens is 244 g/mol. The Bertz CT molecular complexity index is 242. The van der Waals surface area contributed by atoms with Gasteiger partial charge in [0.1, 0.15) is 0 Å². The van der Waals surface area contributed by atoms with Crippen LogP contribution in [0.1, 0.15) is 72.6 Å². The van der Waals surface area contributed by atoms with Gasteiger partial charge < -0.3 is 10.2 Å². The van der Waals surface area contributed by atoms with Crippen molar-refractivity contribution >= 4 is 0 Å².